The molecule has 0 saturated carbocycles. The molecule has 1 saturated heterocycles. The number of esters is 1. The Bertz CT molecular complexity index is 384. The Kier molecular flexibility index (Phi) is 4.02. The van der Waals surface area contributed by atoms with Gasteiger partial charge in [-0.1, -0.05) is 12.1 Å². The van der Waals surface area contributed by atoms with Crippen molar-refractivity contribution in [1.29, 1.82) is 0 Å². The topological polar surface area (TPSA) is 29.5 Å². The van der Waals surface area contributed by atoms with E-state index in [0.717, 1.165) is 19.5 Å². The van der Waals surface area contributed by atoms with Gasteiger partial charge in [0.15, 0.2) is 0 Å². The van der Waals surface area contributed by atoms with Crippen LogP contribution in [0.3, 0.4) is 0 Å². The van der Waals surface area contributed by atoms with Crippen LogP contribution in [0.15, 0.2) is 24.3 Å². The average molecular weight is 233 g/mol. The summed E-state index contributed by atoms with van der Waals surface area (Å²) in [6, 6.07) is 8.48. The lowest BCUT2D eigenvalue weighted by Gasteiger charge is -2.18. The molecule has 2 rings (SSSR count). The molecule has 0 radical (unpaired) electrons. The maximum Gasteiger partial charge on any atom is 0.305 e. The molecule has 0 spiro atoms. The van der Waals surface area contributed by atoms with Crippen LogP contribution in [-0.2, 0) is 16.0 Å². The van der Waals surface area contributed by atoms with Gasteiger partial charge in [-0.2, -0.15) is 0 Å². The van der Waals surface area contributed by atoms with Crippen LogP contribution >= 0.6 is 0 Å². The first-order valence-electron chi connectivity index (χ1n) is 6.20. The molecular weight excluding hydrogens is 214 g/mol. The number of nitrogens with zero attached hydrogens (tertiary/aromatic N) is 1. The van der Waals surface area contributed by atoms with Crippen LogP contribution in [-0.4, -0.2) is 26.2 Å². The molecular formula is C14H19NO2. The van der Waals surface area contributed by atoms with E-state index in [1.165, 1.54) is 31.2 Å². The Morgan fingerprint density at radius 2 is 2.12 bits per heavy atom. The summed E-state index contributed by atoms with van der Waals surface area (Å²) in [4.78, 5) is 13.5. The van der Waals surface area contributed by atoms with E-state index in [4.69, 9.17) is 0 Å². The molecule has 0 aliphatic carbocycles. The summed E-state index contributed by atoms with van der Waals surface area (Å²) in [6.07, 6.45) is 3.78. The first-order valence-corrected chi connectivity index (χ1v) is 6.20. The Labute approximate surface area is 102 Å². The van der Waals surface area contributed by atoms with Gasteiger partial charge in [-0.15, -0.1) is 0 Å². The molecule has 1 aliphatic heterocycles. The SMILES string of the molecule is COC(=O)CCc1cccc(N2CCCC2)c1. The van der Waals surface area contributed by atoms with Crippen molar-refractivity contribution in [2.45, 2.75) is 25.7 Å². The number of hydrogen-bond donors (Lipinski definition) is 0. The van der Waals surface area contributed by atoms with Crippen molar-refractivity contribution < 1.29 is 9.53 Å². The lowest BCUT2D eigenvalue weighted by atomic mass is 10.1. The lowest BCUT2D eigenvalue weighted by Crippen LogP contribution is -2.17. The molecule has 3 heteroatoms. The van der Waals surface area contributed by atoms with Gasteiger partial charge in [-0.3, -0.25) is 4.79 Å². The molecule has 92 valence electrons. The standard InChI is InChI=1S/C14H19NO2/c1-17-14(16)8-7-12-5-4-6-13(11-12)15-9-2-3-10-15/h4-6,11H,2-3,7-10H2,1H3. The Hall–Kier alpha value is -1.51. The van der Waals surface area contributed by atoms with E-state index >= 15 is 0 Å². The maximum atomic E-state index is 11.1. The summed E-state index contributed by atoms with van der Waals surface area (Å²) in [5.74, 6) is -0.142. The molecule has 1 aliphatic rings. The van der Waals surface area contributed by atoms with Gasteiger partial charge in [0.2, 0.25) is 0 Å². The largest absolute Gasteiger partial charge is 0.469 e. The van der Waals surface area contributed by atoms with E-state index in [0.29, 0.717) is 6.42 Å². The first-order chi connectivity index (χ1) is 8.29. The molecule has 0 unspecified atom stereocenters. The third-order valence-corrected chi connectivity index (χ3v) is 3.23. The second-order valence-corrected chi connectivity index (χ2v) is 4.44. The summed E-state index contributed by atoms with van der Waals surface area (Å²) in [5, 5.41) is 0. The maximum absolute atomic E-state index is 11.1. The number of ether oxygens (including phenoxy) is 1. The smallest absolute Gasteiger partial charge is 0.305 e. The van der Waals surface area contributed by atoms with E-state index in [2.05, 4.69) is 33.9 Å². The van der Waals surface area contributed by atoms with Crippen LogP contribution < -0.4 is 4.90 Å². The summed E-state index contributed by atoms with van der Waals surface area (Å²) in [7, 11) is 1.43. The highest BCUT2D eigenvalue weighted by molar-refractivity contribution is 5.69. The van der Waals surface area contributed by atoms with Gasteiger partial charge < -0.3 is 9.64 Å². The van der Waals surface area contributed by atoms with E-state index in [1.807, 2.05) is 0 Å². The van der Waals surface area contributed by atoms with Crippen molar-refractivity contribution >= 4 is 11.7 Å². The third-order valence-electron chi connectivity index (χ3n) is 3.23. The van der Waals surface area contributed by atoms with E-state index in [9.17, 15) is 4.79 Å². The van der Waals surface area contributed by atoms with Crippen LogP contribution in [0.5, 0.6) is 0 Å². The molecule has 17 heavy (non-hydrogen) atoms. The fraction of sp³-hybridized carbons (Fsp3) is 0.500. The van der Waals surface area contributed by atoms with E-state index in [1.54, 1.807) is 0 Å². The fourth-order valence-corrected chi connectivity index (χ4v) is 2.23. The Balaban J connectivity index is 1.98. The van der Waals surface area contributed by atoms with Gasteiger partial charge in [0.25, 0.3) is 0 Å². The zero-order valence-corrected chi connectivity index (χ0v) is 10.3. The van der Waals surface area contributed by atoms with Crippen LogP contribution in [0.4, 0.5) is 5.69 Å². The predicted molar refractivity (Wildman–Crippen MR) is 68.2 cm³/mol. The number of aryl methyl sites for hydroxylation is 1. The van der Waals surface area contributed by atoms with Gasteiger partial charge in [0, 0.05) is 25.2 Å². The lowest BCUT2D eigenvalue weighted by molar-refractivity contribution is -0.140. The number of carbonyl (C=O) groups is 1. The molecule has 3 nitrogen and oxygen atoms in total. The molecule has 1 aromatic carbocycles. The zero-order chi connectivity index (χ0) is 12.1. The minimum absolute atomic E-state index is 0.142. The van der Waals surface area contributed by atoms with Crippen molar-refractivity contribution in [3.8, 4) is 0 Å². The van der Waals surface area contributed by atoms with Crippen molar-refractivity contribution in [3.05, 3.63) is 29.8 Å². The van der Waals surface area contributed by atoms with Gasteiger partial charge >= 0.3 is 5.97 Å². The molecule has 0 atom stereocenters. The van der Waals surface area contributed by atoms with Crippen LogP contribution in [0.2, 0.25) is 0 Å². The zero-order valence-electron chi connectivity index (χ0n) is 10.3. The second-order valence-electron chi connectivity index (χ2n) is 4.44. The number of benzene rings is 1. The number of rotatable bonds is 4. The van der Waals surface area contributed by atoms with Gasteiger partial charge in [-0.25, -0.2) is 0 Å². The molecule has 0 N–H and O–H groups in total. The summed E-state index contributed by atoms with van der Waals surface area (Å²) >= 11 is 0. The van der Waals surface area contributed by atoms with Crippen molar-refractivity contribution in [3.63, 3.8) is 0 Å². The Morgan fingerprint density at radius 1 is 1.35 bits per heavy atom. The molecule has 1 heterocycles. The van der Waals surface area contributed by atoms with Crippen molar-refractivity contribution in [1.82, 2.24) is 0 Å². The number of anilines is 1. The minimum atomic E-state index is -0.142. The number of carbonyl (C=O) groups excluding carboxylic acids is 1. The normalized spacial score (nSPS) is 15.0. The molecule has 0 aromatic heterocycles. The first kappa shape index (κ1) is 12.0. The fourth-order valence-electron chi connectivity index (χ4n) is 2.23. The summed E-state index contributed by atoms with van der Waals surface area (Å²) in [6.45, 7) is 2.31. The Morgan fingerprint density at radius 3 is 2.82 bits per heavy atom. The summed E-state index contributed by atoms with van der Waals surface area (Å²) in [5.41, 5.74) is 2.49. The molecule has 0 amide bonds. The van der Waals surface area contributed by atoms with Gasteiger partial charge in [-0.05, 0) is 37.0 Å². The van der Waals surface area contributed by atoms with Crippen molar-refractivity contribution in [2.24, 2.45) is 0 Å². The van der Waals surface area contributed by atoms with Crippen molar-refractivity contribution in [2.75, 3.05) is 25.1 Å². The monoisotopic (exact) mass is 233 g/mol. The highest BCUT2D eigenvalue weighted by Crippen LogP contribution is 2.21. The van der Waals surface area contributed by atoms with Gasteiger partial charge in [0.1, 0.15) is 0 Å². The summed E-state index contributed by atoms with van der Waals surface area (Å²) < 4.78 is 4.65. The van der Waals surface area contributed by atoms with E-state index in [-0.39, 0.29) is 5.97 Å². The van der Waals surface area contributed by atoms with Crippen LogP contribution in [0.25, 0.3) is 0 Å². The van der Waals surface area contributed by atoms with E-state index < -0.39 is 0 Å². The number of methoxy groups -OCH3 is 1. The second kappa shape index (κ2) is 5.71. The third kappa shape index (κ3) is 3.22. The van der Waals surface area contributed by atoms with Gasteiger partial charge in [0.05, 0.1) is 7.11 Å². The van der Waals surface area contributed by atoms with Crippen LogP contribution in [0, 0.1) is 0 Å². The number of hydrogen-bond acceptors (Lipinski definition) is 3. The predicted octanol–water partition coefficient (Wildman–Crippen LogP) is 2.39. The average Bonchev–Trinajstić information content (AvgIpc) is 2.90. The highest BCUT2D eigenvalue weighted by Gasteiger charge is 2.12. The molecule has 0 bridgehead atoms. The van der Waals surface area contributed by atoms with Crippen LogP contribution in [0.1, 0.15) is 24.8 Å². The molecule has 1 fully saturated rings. The minimum Gasteiger partial charge on any atom is -0.469 e. The highest BCUT2D eigenvalue weighted by atomic mass is 16.5. The quantitative estimate of drug-likeness (QED) is 0.748. The molecule has 1 aromatic rings.